The van der Waals surface area contributed by atoms with E-state index in [1.54, 1.807) is 36.5 Å². The Balaban J connectivity index is 2.17. The molecule has 0 atom stereocenters. The van der Waals surface area contributed by atoms with Gasteiger partial charge in [0.15, 0.2) is 5.76 Å². The van der Waals surface area contributed by atoms with Crippen molar-refractivity contribution >= 4 is 17.9 Å². The third kappa shape index (κ3) is 3.97. The van der Waals surface area contributed by atoms with Crippen molar-refractivity contribution < 1.29 is 14.0 Å². The van der Waals surface area contributed by atoms with Crippen molar-refractivity contribution in [1.82, 2.24) is 15.6 Å². The number of hydrogen-bond donors (Lipinski definition) is 3. The van der Waals surface area contributed by atoms with Crippen molar-refractivity contribution in [2.24, 2.45) is 0 Å². The third-order valence-electron chi connectivity index (χ3n) is 2.57. The predicted molar refractivity (Wildman–Crippen MR) is 78.2 cm³/mol. The minimum absolute atomic E-state index is 0.112. The van der Waals surface area contributed by atoms with Crippen LogP contribution in [-0.2, 0) is 4.79 Å². The summed E-state index contributed by atoms with van der Waals surface area (Å²) < 4.78 is 5.00. The minimum atomic E-state index is -0.494. The van der Waals surface area contributed by atoms with Crippen LogP contribution in [0.15, 0.2) is 59.5 Å². The molecule has 2 amide bonds. The van der Waals surface area contributed by atoms with E-state index in [9.17, 15) is 9.59 Å². The highest BCUT2D eigenvalue weighted by Crippen LogP contribution is 2.05. The fraction of sp³-hybridized carbons (Fsp3) is 0.0667. The van der Waals surface area contributed by atoms with Crippen LogP contribution in [0.2, 0.25) is 0 Å². The molecule has 2 heterocycles. The van der Waals surface area contributed by atoms with Crippen molar-refractivity contribution in [3.8, 4) is 0 Å². The molecule has 0 aliphatic heterocycles. The summed E-state index contributed by atoms with van der Waals surface area (Å²) in [5, 5.41) is 5.14. The zero-order valence-corrected chi connectivity index (χ0v) is 11.3. The van der Waals surface area contributed by atoms with Crippen molar-refractivity contribution in [2.75, 3.05) is 6.54 Å². The number of carbonyl (C=O) groups is 2. The van der Waals surface area contributed by atoms with E-state index >= 15 is 0 Å². The Morgan fingerprint density at radius 2 is 2.19 bits per heavy atom. The highest BCUT2D eigenvalue weighted by Gasteiger charge is 2.15. The smallest absolute Gasteiger partial charge is 0.291 e. The third-order valence-corrected chi connectivity index (χ3v) is 2.57. The van der Waals surface area contributed by atoms with Crippen LogP contribution in [0.4, 0.5) is 0 Å². The lowest BCUT2D eigenvalue weighted by atomic mass is 10.3. The molecule has 0 unspecified atom stereocenters. The summed E-state index contributed by atoms with van der Waals surface area (Å²) in [7, 11) is 0. The second-order valence-corrected chi connectivity index (χ2v) is 4.11. The van der Waals surface area contributed by atoms with Crippen molar-refractivity contribution in [2.45, 2.75) is 0 Å². The van der Waals surface area contributed by atoms with Crippen LogP contribution in [0.25, 0.3) is 6.08 Å². The molecule has 6 nitrogen and oxygen atoms in total. The molecule has 0 aliphatic carbocycles. The fourth-order valence-corrected chi connectivity index (χ4v) is 1.60. The number of furan rings is 1. The van der Waals surface area contributed by atoms with E-state index in [1.807, 2.05) is 0 Å². The maximum absolute atomic E-state index is 12.0. The lowest BCUT2D eigenvalue weighted by Gasteiger charge is -2.08. The van der Waals surface area contributed by atoms with E-state index in [4.69, 9.17) is 4.42 Å². The van der Waals surface area contributed by atoms with Gasteiger partial charge < -0.3 is 20.0 Å². The van der Waals surface area contributed by atoms with Crippen LogP contribution in [0.1, 0.15) is 16.2 Å². The quantitative estimate of drug-likeness (QED) is 0.557. The highest BCUT2D eigenvalue weighted by atomic mass is 16.3. The molecule has 2 aromatic rings. The number of aromatic nitrogens is 1. The molecule has 2 aromatic heterocycles. The molecule has 21 heavy (non-hydrogen) atoms. The summed E-state index contributed by atoms with van der Waals surface area (Å²) in [5.41, 5.74) is 0.805. The maximum atomic E-state index is 12.0. The zero-order chi connectivity index (χ0) is 15.1. The standard InChI is InChI=1S/C15H15N3O3/c1-2-7-17-14(19)12(10-11-5-3-8-16-11)18-15(20)13-6-4-9-21-13/h2-6,8-10,16H,1,7H2,(H,17,19)(H,18,20)/b12-10-. The zero-order valence-electron chi connectivity index (χ0n) is 11.3. The van der Waals surface area contributed by atoms with Gasteiger partial charge in [0.05, 0.1) is 6.26 Å². The van der Waals surface area contributed by atoms with Gasteiger partial charge in [0.25, 0.3) is 11.8 Å². The van der Waals surface area contributed by atoms with Gasteiger partial charge in [-0.3, -0.25) is 9.59 Å². The van der Waals surface area contributed by atoms with Crippen molar-refractivity contribution in [3.63, 3.8) is 0 Å². The van der Waals surface area contributed by atoms with E-state index in [2.05, 4.69) is 22.2 Å². The van der Waals surface area contributed by atoms with Gasteiger partial charge in [0, 0.05) is 18.4 Å². The molecular formula is C15H15N3O3. The molecule has 0 fully saturated rings. The van der Waals surface area contributed by atoms with Crippen LogP contribution < -0.4 is 10.6 Å². The molecule has 108 valence electrons. The summed E-state index contributed by atoms with van der Waals surface area (Å²) in [6.07, 6.45) is 6.21. The Morgan fingerprint density at radius 3 is 2.81 bits per heavy atom. The predicted octanol–water partition coefficient (Wildman–Crippen LogP) is 1.68. The van der Waals surface area contributed by atoms with Gasteiger partial charge in [-0.15, -0.1) is 6.58 Å². The normalized spacial score (nSPS) is 11.0. The number of rotatable bonds is 6. The second kappa shape index (κ2) is 6.95. The number of amides is 2. The average Bonchev–Trinajstić information content (AvgIpc) is 3.16. The summed E-state index contributed by atoms with van der Waals surface area (Å²) in [5.74, 6) is -0.778. The van der Waals surface area contributed by atoms with E-state index in [0.29, 0.717) is 12.2 Å². The molecule has 3 N–H and O–H groups in total. The summed E-state index contributed by atoms with van der Waals surface area (Å²) in [6.45, 7) is 3.83. The Hall–Kier alpha value is -3.02. The molecular weight excluding hydrogens is 270 g/mol. The maximum Gasteiger partial charge on any atom is 0.291 e. The Labute approximate surface area is 121 Å². The number of carbonyl (C=O) groups excluding carboxylic acids is 2. The first-order valence-electron chi connectivity index (χ1n) is 6.29. The van der Waals surface area contributed by atoms with Gasteiger partial charge in [-0.1, -0.05) is 6.08 Å². The van der Waals surface area contributed by atoms with E-state index in [1.165, 1.54) is 12.3 Å². The monoisotopic (exact) mass is 285 g/mol. The molecule has 0 bridgehead atoms. The van der Waals surface area contributed by atoms with Crippen LogP contribution in [-0.4, -0.2) is 23.3 Å². The molecule has 0 radical (unpaired) electrons. The lowest BCUT2D eigenvalue weighted by Crippen LogP contribution is -2.34. The number of H-pyrrole nitrogens is 1. The van der Waals surface area contributed by atoms with Gasteiger partial charge in [0.2, 0.25) is 0 Å². The lowest BCUT2D eigenvalue weighted by molar-refractivity contribution is -0.117. The van der Waals surface area contributed by atoms with Crippen LogP contribution >= 0.6 is 0 Å². The highest BCUT2D eigenvalue weighted by molar-refractivity contribution is 6.04. The van der Waals surface area contributed by atoms with Crippen LogP contribution in [0, 0.1) is 0 Å². The molecule has 0 spiro atoms. The van der Waals surface area contributed by atoms with Gasteiger partial charge in [0.1, 0.15) is 5.70 Å². The van der Waals surface area contributed by atoms with E-state index in [-0.39, 0.29) is 11.5 Å². The topological polar surface area (TPSA) is 87.1 Å². The van der Waals surface area contributed by atoms with Gasteiger partial charge in [-0.05, 0) is 30.3 Å². The largest absolute Gasteiger partial charge is 0.459 e. The van der Waals surface area contributed by atoms with E-state index in [0.717, 1.165) is 0 Å². The minimum Gasteiger partial charge on any atom is -0.459 e. The number of nitrogens with one attached hydrogen (secondary N) is 3. The molecule has 0 saturated heterocycles. The van der Waals surface area contributed by atoms with E-state index < -0.39 is 11.8 Å². The first-order chi connectivity index (χ1) is 10.2. The summed E-state index contributed by atoms with van der Waals surface area (Å²) >= 11 is 0. The molecule has 0 saturated carbocycles. The molecule has 0 aromatic carbocycles. The summed E-state index contributed by atoms with van der Waals surface area (Å²) in [4.78, 5) is 26.9. The Morgan fingerprint density at radius 1 is 1.33 bits per heavy atom. The summed E-state index contributed by atoms with van der Waals surface area (Å²) in [6, 6.07) is 6.68. The Bertz CT molecular complexity index is 640. The number of aromatic amines is 1. The Kier molecular flexibility index (Phi) is 4.76. The molecule has 2 rings (SSSR count). The van der Waals surface area contributed by atoms with Gasteiger partial charge in [-0.25, -0.2) is 0 Å². The van der Waals surface area contributed by atoms with Gasteiger partial charge >= 0.3 is 0 Å². The van der Waals surface area contributed by atoms with Crippen molar-refractivity contribution in [3.05, 3.63) is 66.5 Å². The SMILES string of the molecule is C=CCNC(=O)/C(=C/c1ccc[nH]1)NC(=O)c1ccco1. The number of hydrogen-bond acceptors (Lipinski definition) is 3. The van der Waals surface area contributed by atoms with Gasteiger partial charge in [-0.2, -0.15) is 0 Å². The first-order valence-corrected chi connectivity index (χ1v) is 6.29. The molecule has 6 heteroatoms. The first kappa shape index (κ1) is 14.4. The second-order valence-electron chi connectivity index (χ2n) is 4.11. The van der Waals surface area contributed by atoms with Crippen LogP contribution in [0.5, 0.6) is 0 Å². The average molecular weight is 285 g/mol. The van der Waals surface area contributed by atoms with Crippen molar-refractivity contribution in [1.29, 1.82) is 0 Å². The fourth-order valence-electron chi connectivity index (χ4n) is 1.60. The molecule has 0 aliphatic rings. The van der Waals surface area contributed by atoms with Crippen LogP contribution in [0.3, 0.4) is 0 Å².